The zero-order valence-corrected chi connectivity index (χ0v) is 22.5. The number of fused-ring (bicyclic) bond motifs is 1. The summed E-state index contributed by atoms with van der Waals surface area (Å²) in [7, 11) is -3.52. The van der Waals surface area contributed by atoms with E-state index in [1.165, 1.54) is 0 Å². The van der Waals surface area contributed by atoms with Crippen molar-refractivity contribution in [2.45, 2.75) is 50.1 Å². The summed E-state index contributed by atoms with van der Waals surface area (Å²) in [6.07, 6.45) is 2.29. The number of halogens is 1. The summed E-state index contributed by atoms with van der Waals surface area (Å²) in [5, 5.41) is 7.16. The molecule has 0 bridgehead atoms. The monoisotopic (exact) mass is 534 g/mol. The summed E-state index contributed by atoms with van der Waals surface area (Å²) in [5.74, 6) is 2.98. The van der Waals surface area contributed by atoms with E-state index in [1.807, 2.05) is 30.3 Å². The normalized spacial score (nSPS) is 19.1. The number of nitrogens with zero attached hydrogens (tertiary/aromatic N) is 2. The van der Waals surface area contributed by atoms with E-state index in [4.69, 9.17) is 14.5 Å². The molecule has 0 unspecified atom stereocenters. The molecule has 0 aliphatic carbocycles. The number of hydrogen-bond acceptors (Lipinski definition) is 7. The highest BCUT2D eigenvalue weighted by Crippen LogP contribution is 2.33. The van der Waals surface area contributed by atoms with Gasteiger partial charge in [0.25, 0.3) is 0 Å². The van der Waals surface area contributed by atoms with Crippen molar-refractivity contribution >= 4 is 28.3 Å². The van der Waals surface area contributed by atoms with Gasteiger partial charge in [0.15, 0.2) is 11.5 Å². The van der Waals surface area contributed by atoms with E-state index >= 15 is 0 Å². The van der Waals surface area contributed by atoms with E-state index in [9.17, 15) is 8.42 Å². The van der Waals surface area contributed by atoms with Crippen molar-refractivity contribution in [2.24, 2.45) is 10.9 Å². The lowest BCUT2D eigenvalue weighted by atomic mass is 9.85. The molecular weight excluding hydrogens is 500 g/mol. The number of aliphatic imine (C=N–C) groups is 1. The average molecular weight is 535 g/mol. The van der Waals surface area contributed by atoms with Crippen molar-refractivity contribution in [1.82, 2.24) is 14.9 Å². The first-order chi connectivity index (χ1) is 16.9. The maximum Gasteiger partial charge on any atom is 0.243 e. The van der Waals surface area contributed by atoms with Crippen LogP contribution >= 0.6 is 12.4 Å². The number of benzene rings is 2. The Hall–Kier alpha value is -2.33. The smallest absolute Gasteiger partial charge is 0.243 e. The molecule has 3 heterocycles. The molecule has 1 saturated heterocycles. The lowest BCUT2D eigenvalue weighted by Gasteiger charge is -2.44. The van der Waals surface area contributed by atoms with Crippen LogP contribution in [0.15, 0.2) is 52.4 Å². The third-order valence-electron chi connectivity index (χ3n) is 6.98. The van der Waals surface area contributed by atoms with Crippen molar-refractivity contribution in [3.05, 3.63) is 53.6 Å². The van der Waals surface area contributed by atoms with E-state index < -0.39 is 10.0 Å². The Morgan fingerprint density at radius 1 is 1.06 bits per heavy atom. The van der Waals surface area contributed by atoms with Crippen LogP contribution in [0.5, 0.6) is 11.5 Å². The lowest BCUT2D eigenvalue weighted by Crippen LogP contribution is -2.64. The fourth-order valence-corrected chi connectivity index (χ4v) is 6.54. The molecule has 1 fully saturated rings. The fraction of sp³-hybridized carbons (Fsp3) is 0.500. The van der Waals surface area contributed by atoms with Crippen LogP contribution in [0.4, 0.5) is 0 Å². The summed E-state index contributed by atoms with van der Waals surface area (Å²) in [5.41, 5.74) is 1.91. The quantitative estimate of drug-likeness (QED) is 0.590. The molecular formula is C26H35ClN4O4S. The second kappa shape index (κ2) is 11.0. The van der Waals surface area contributed by atoms with Gasteiger partial charge in [-0.25, -0.2) is 8.42 Å². The van der Waals surface area contributed by atoms with E-state index in [2.05, 4.69) is 24.5 Å². The number of piperidine rings is 1. The van der Waals surface area contributed by atoms with Crippen molar-refractivity contribution in [1.29, 1.82) is 0 Å². The molecule has 196 valence electrons. The summed E-state index contributed by atoms with van der Waals surface area (Å²) in [4.78, 5) is 5.16. The van der Waals surface area contributed by atoms with Crippen LogP contribution in [-0.4, -0.2) is 57.1 Å². The van der Waals surface area contributed by atoms with Gasteiger partial charge in [-0.1, -0.05) is 32.0 Å². The predicted molar refractivity (Wildman–Crippen MR) is 143 cm³/mol. The SMILES string of the molecule is CC(C)Cc1ccc(S(=O)(=O)N2CCC3(CC2)NCCN=C3NCc2ccc3c(c2)OCO3)cc1.Cl. The van der Waals surface area contributed by atoms with Crippen LogP contribution < -0.4 is 20.1 Å². The first-order valence-electron chi connectivity index (χ1n) is 12.4. The zero-order valence-electron chi connectivity index (χ0n) is 20.8. The first kappa shape index (κ1) is 26.7. The number of hydrogen-bond donors (Lipinski definition) is 2. The zero-order chi connectivity index (χ0) is 24.5. The molecule has 0 radical (unpaired) electrons. The summed E-state index contributed by atoms with van der Waals surface area (Å²) >= 11 is 0. The number of rotatable bonds is 6. The Bertz CT molecular complexity index is 1190. The number of nitrogens with one attached hydrogen (secondary N) is 2. The van der Waals surface area contributed by atoms with Gasteiger partial charge in [-0.2, -0.15) is 4.31 Å². The van der Waals surface area contributed by atoms with Gasteiger partial charge in [0.2, 0.25) is 16.8 Å². The molecule has 2 aromatic rings. The summed E-state index contributed by atoms with van der Waals surface area (Å²) in [6, 6.07) is 13.3. The molecule has 10 heteroatoms. The van der Waals surface area contributed by atoms with E-state index in [1.54, 1.807) is 16.4 Å². The minimum Gasteiger partial charge on any atom is -0.454 e. The molecule has 0 atom stereocenters. The lowest BCUT2D eigenvalue weighted by molar-refractivity contribution is 0.174. The molecule has 1 spiro atoms. The molecule has 3 aliphatic heterocycles. The highest BCUT2D eigenvalue weighted by atomic mass is 35.5. The van der Waals surface area contributed by atoms with Crippen molar-refractivity contribution in [2.75, 3.05) is 33.0 Å². The van der Waals surface area contributed by atoms with Gasteiger partial charge >= 0.3 is 0 Å². The van der Waals surface area contributed by atoms with E-state index in [-0.39, 0.29) is 24.7 Å². The average Bonchev–Trinajstić information content (AvgIpc) is 3.32. The van der Waals surface area contributed by atoms with Gasteiger partial charge in [0.05, 0.1) is 17.0 Å². The summed E-state index contributed by atoms with van der Waals surface area (Å²) in [6.45, 7) is 7.60. The number of amidine groups is 1. The van der Waals surface area contributed by atoms with Crippen LogP contribution in [0.25, 0.3) is 0 Å². The Labute approximate surface area is 219 Å². The van der Waals surface area contributed by atoms with Gasteiger partial charge in [0.1, 0.15) is 5.84 Å². The highest BCUT2D eigenvalue weighted by molar-refractivity contribution is 7.89. The standard InChI is InChI=1S/C26H34N4O4S.ClH/c1-19(2)15-20-3-6-22(7-4-20)35(31,32)30-13-9-26(10-14-30)25(27-11-12-29-26)28-17-21-5-8-23-24(16-21)34-18-33-23;/h3-8,16,19,29H,9-15,17-18H2,1-2H3,(H,27,28);1H. The predicted octanol–water partition coefficient (Wildman–Crippen LogP) is 3.35. The van der Waals surface area contributed by atoms with Crippen LogP contribution in [0.3, 0.4) is 0 Å². The molecule has 0 saturated carbocycles. The Morgan fingerprint density at radius 3 is 2.47 bits per heavy atom. The third-order valence-corrected chi connectivity index (χ3v) is 8.89. The molecule has 2 N–H and O–H groups in total. The molecule has 2 aromatic carbocycles. The number of ether oxygens (including phenoxy) is 2. The van der Waals surface area contributed by atoms with Gasteiger partial charge in [-0.3, -0.25) is 4.99 Å². The minimum absolute atomic E-state index is 0. The molecule has 8 nitrogen and oxygen atoms in total. The Morgan fingerprint density at radius 2 is 1.75 bits per heavy atom. The first-order valence-corrected chi connectivity index (χ1v) is 13.8. The topological polar surface area (TPSA) is 92.3 Å². The highest BCUT2D eigenvalue weighted by Gasteiger charge is 2.43. The molecule has 5 rings (SSSR count). The van der Waals surface area contributed by atoms with Crippen LogP contribution in [0.2, 0.25) is 0 Å². The second-order valence-electron chi connectivity index (χ2n) is 9.93. The van der Waals surface area contributed by atoms with Gasteiger partial charge < -0.3 is 20.1 Å². The Balaban J connectivity index is 0.00000304. The summed E-state index contributed by atoms with van der Waals surface area (Å²) < 4.78 is 39.1. The van der Waals surface area contributed by atoms with Crippen molar-refractivity contribution < 1.29 is 17.9 Å². The Kier molecular flexibility index (Phi) is 8.14. The van der Waals surface area contributed by atoms with Gasteiger partial charge in [-0.15, -0.1) is 12.4 Å². The fourth-order valence-electron chi connectivity index (χ4n) is 5.10. The molecule has 3 aliphatic rings. The molecule has 0 aromatic heterocycles. The van der Waals surface area contributed by atoms with Gasteiger partial charge in [-0.05, 0) is 60.6 Å². The van der Waals surface area contributed by atoms with Crippen LogP contribution in [0.1, 0.15) is 37.8 Å². The van der Waals surface area contributed by atoms with Crippen molar-refractivity contribution in [3.8, 4) is 11.5 Å². The molecule has 36 heavy (non-hydrogen) atoms. The van der Waals surface area contributed by atoms with Gasteiger partial charge in [0, 0.05) is 26.2 Å². The van der Waals surface area contributed by atoms with Crippen molar-refractivity contribution in [3.63, 3.8) is 0 Å². The van der Waals surface area contributed by atoms with Crippen LogP contribution in [-0.2, 0) is 23.0 Å². The molecule has 0 amide bonds. The maximum absolute atomic E-state index is 13.3. The van der Waals surface area contributed by atoms with E-state index in [0.717, 1.165) is 41.4 Å². The maximum atomic E-state index is 13.3. The largest absolute Gasteiger partial charge is 0.454 e. The van der Waals surface area contributed by atoms with Crippen LogP contribution in [0, 0.1) is 5.92 Å². The minimum atomic E-state index is -3.52. The number of sulfonamides is 1. The second-order valence-corrected chi connectivity index (χ2v) is 11.9. The van der Waals surface area contributed by atoms with E-state index in [0.29, 0.717) is 49.8 Å². The third kappa shape index (κ3) is 5.49.